The van der Waals surface area contributed by atoms with Crippen LogP contribution in [0.2, 0.25) is 0 Å². The van der Waals surface area contributed by atoms with Gasteiger partial charge in [-0.1, -0.05) is 181 Å². The zero-order valence-corrected chi connectivity index (χ0v) is 33.6. The number of carbonyl (C=O) groups excluding carboxylic acids is 2. The fraction of sp³-hybridized carbons (Fsp3) is 0.950. The molecule has 1 N–H and O–H groups in total. The first-order valence-corrected chi connectivity index (χ1v) is 22.2. The predicted octanol–water partition coefficient (Wildman–Crippen LogP) is 11.4. The van der Waals surface area contributed by atoms with Crippen molar-refractivity contribution in [1.29, 1.82) is 0 Å². The molecule has 0 bridgehead atoms. The van der Waals surface area contributed by atoms with Gasteiger partial charge in [-0.15, -0.1) is 0 Å². The molecule has 0 aliphatic carbocycles. The quantitative estimate of drug-likeness (QED) is 0.0285. The summed E-state index contributed by atoms with van der Waals surface area (Å²) in [5, 5.41) is -2.10. The first-order valence-electron chi connectivity index (χ1n) is 20.7. The van der Waals surface area contributed by atoms with Crippen molar-refractivity contribution in [2.45, 2.75) is 232 Å². The topological polar surface area (TPSA) is 125 Å². The van der Waals surface area contributed by atoms with E-state index in [9.17, 15) is 22.6 Å². The molecule has 0 spiro atoms. The molecular formula is C40H78O9S. The molecule has 0 fully saturated rings. The molecule has 298 valence electrons. The lowest BCUT2D eigenvalue weighted by atomic mass is 10.0. The molecule has 0 saturated heterocycles. The van der Waals surface area contributed by atoms with E-state index in [4.69, 9.17) is 18.9 Å². The number of unbranched alkanes of at least 4 members (excludes halogenated alkanes) is 26. The van der Waals surface area contributed by atoms with Gasteiger partial charge in [0.2, 0.25) is 0 Å². The van der Waals surface area contributed by atoms with Gasteiger partial charge in [0, 0.05) is 0 Å². The van der Waals surface area contributed by atoms with Crippen LogP contribution in [0.4, 0.5) is 0 Å². The summed E-state index contributed by atoms with van der Waals surface area (Å²) in [7, 11) is -4.91. The molecule has 0 aromatic carbocycles. The number of carbonyl (C=O) groups is 2. The maximum atomic E-state index is 12.5. The van der Waals surface area contributed by atoms with E-state index in [1.54, 1.807) is 0 Å². The van der Waals surface area contributed by atoms with E-state index < -0.39 is 46.3 Å². The SMILES string of the molecule is CCCCCCCCCCCCCCCCOC(C)OC(=O)CC(C(=O)OC(C)OCCCCCCCCCCCCCCCC)S(=O)(=O)O. The third kappa shape index (κ3) is 32.7. The second-order valence-corrected chi connectivity index (χ2v) is 15.8. The summed E-state index contributed by atoms with van der Waals surface area (Å²) in [5.41, 5.74) is 0. The number of hydrogen-bond acceptors (Lipinski definition) is 8. The molecule has 0 amide bonds. The Morgan fingerprint density at radius 1 is 0.480 bits per heavy atom. The minimum Gasteiger partial charge on any atom is -0.436 e. The maximum absolute atomic E-state index is 12.5. The zero-order valence-electron chi connectivity index (χ0n) is 32.8. The van der Waals surface area contributed by atoms with E-state index in [1.807, 2.05) is 0 Å². The average molecular weight is 735 g/mol. The van der Waals surface area contributed by atoms with Crippen LogP contribution in [-0.2, 0) is 38.7 Å². The van der Waals surface area contributed by atoms with Gasteiger partial charge in [-0.25, -0.2) is 0 Å². The number of esters is 2. The minimum absolute atomic E-state index is 0.360. The van der Waals surface area contributed by atoms with Crippen molar-refractivity contribution in [3.8, 4) is 0 Å². The van der Waals surface area contributed by atoms with Crippen molar-refractivity contribution in [2.75, 3.05) is 13.2 Å². The fourth-order valence-corrected chi connectivity index (χ4v) is 6.74. The van der Waals surface area contributed by atoms with E-state index in [0.29, 0.717) is 13.2 Å². The van der Waals surface area contributed by atoms with Crippen LogP contribution < -0.4 is 0 Å². The highest BCUT2D eigenvalue weighted by Gasteiger charge is 2.37. The van der Waals surface area contributed by atoms with Crippen molar-refractivity contribution in [1.82, 2.24) is 0 Å². The average Bonchev–Trinajstić information content (AvgIpc) is 3.06. The molecule has 0 aliphatic heterocycles. The van der Waals surface area contributed by atoms with Gasteiger partial charge < -0.3 is 18.9 Å². The Kier molecular flexibility index (Phi) is 34.0. The van der Waals surface area contributed by atoms with Gasteiger partial charge in [0.15, 0.2) is 17.8 Å². The highest BCUT2D eigenvalue weighted by Crippen LogP contribution is 2.16. The van der Waals surface area contributed by atoms with E-state index >= 15 is 0 Å². The van der Waals surface area contributed by atoms with Crippen molar-refractivity contribution >= 4 is 22.1 Å². The standard InChI is InChI=1S/C40H78O9S/c1-5-7-9-11-13-15-17-19-21-23-25-27-29-31-33-46-36(3)48-39(41)35-38(50(43,44)45)40(42)49-37(4)47-34-32-30-28-26-24-22-20-18-16-14-12-10-8-6-2/h36-38H,5-35H2,1-4H3,(H,43,44,45). The first-order chi connectivity index (χ1) is 24.1. The number of hydrogen-bond donors (Lipinski definition) is 1. The number of ether oxygens (including phenoxy) is 4. The van der Waals surface area contributed by atoms with Crippen molar-refractivity contribution < 1.29 is 41.5 Å². The molecular weight excluding hydrogens is 656 g/mol. The molecule has 10 heteroatoms. The van der Waals surface area contributed by atoms with Gasteiger partial charge in [-0.2, -0.15) is 8.42 Å². The first kappa shape index (κ1) is 48.8. The van der Waals surface area contributed by atoms with Crippen LogP contribution in [0, 0.1) is 0 Å². The van der Waals surface area contributed by atoms with Crippen molar-refractivity contribution in [2.24, 2.45) is 0 Å². The Morgan fingerprint density at radius 3 is 1.06 bits per heavy atom. The molecule has 0 saturated carbocycles. The summed E-state index contributed by atoms with van der Waals surface area (Å²) >= 11 is 0. The van der Waals surface area contributed by atoms with Crippen molar-refractivity contribution in [3.63, 3.8) is 0 Å². The molecule has 3 atom stereocenters. The van der Waals surface area contributed by atoms with E-state index in [0.717, 1.165) is 38.5 Å². The monoisotopic (exact) mass is 735 g/mol. The number of rotatable bonds is 38. The Labute approximate surface area is 307 Å². The second-order valence-electron chi connectivity index (χ2n) is 14.2. The van der Waals surface area contributed by atoms with Crippen LogP contribution in [0.5, 0.6) is 0 Å². The van der Waals surface area contributed by atoms with Gasteiger partial charge in [0.05, 0.1) is 19.6 Å². The molecule has 0 aliphatic rings. The summed E-state index contributed by atoms with van der Waals surface area (Å²) < 4.78 is 54.7. The summed E-state index contributed by atoms with van der Waals surface area (Å²) in [5.74, 6) is -2.23. The zero-order chi connectivity index (χ0) is 37.1. The van der Waals surface area contributed by atoms with Crippen LogP contribution in [0.3, 0.4) is 0 Å². The molecule has 9 nitrogen and oxygen atoms in total. The van der Waals surface area contributed by atoms with Crippen LogP contribution in [0.1, 0.15) is 214 Å². The lowest BCUT2D eigenvalue weighted by Gasteiger charge is -2.19. The summed E-state index contributed by atoms with van der Waals surface area (Å²) in [6.07, 6.45) is 32.1. The third-order valence-electron chi connectivity index (χ3n) is 9.25. The Morgan fingerprint density at radius 2 is 0.760 bits per heavy atom. The summed E-state index contributed by atoms with van der Waals surface area (Å²) in [6.45, 7) is 8.28. The predicted molar refractivity (Wildman–Crippen MR) is 204 cm³/mol. The van der Waals surface area contributed by atoms with Gasteiger partial charge in [-0.05, 0) is 26.7 Å². The highest BCUT2D eigenvalue weighted by atomic mass is 32.2. The third-order valence-corrected chi connectivity index (χ3v) is 10.3. The molecule has 0 aromatic rings. The largest absolute Gasteiger partial charge is 0.436 e. The second kappa shape index (κ2) is 34.8. The molecule has 0 heterocycles. The highest BCUT2D eigenvalue weighted by molar-refractivity contribution is 7.87. The van der Waals surface area contributed by atoms with Crippen LogP contribution in [0.25, 0.3) is 0 Å². The molecule has 0 aromatic heterocycles. The normalized spacial score (nSPS) is 13.6. The van der Waals surface area contributed by atoms with Crippen LogP contribution in [-0.4, -0.2) is 56.0 Å². The van der Waals surface area contributed by atoms with E-state index in [-0.39, 0.29) is 0 Å². The maximum Gasteiger partial charge on any atom is 0.329 e. The van der Waals surface area contributed by atoms with Crippen molar-refractivity contribution in [3.05, 3.63) is 0 Å². The Bertz CT molecular complexity index is 880. The van der Waals surface area contributed by atoms with E-state index in [2.05, 4.69) is 13.8 Å². The van der Waals surface area contributed by atoms with Gasteiger partial charge in [0.25, 0.3) is 10.1 Å². The van der Waals surface area contributed by atoms with Gasteiger partial charge in [-0.3, -0.25) is 14.1 Å². The van der Waals surface area contributed by atoms with E-state index in [1.165, 1.54) is 155 Å². The smallest absolute Gasteiger partial charge is 0.329 e. The Balaban J connectivity index is 3.96. The molecule has 0 radical (unpaired) electrons. The van der Waals surface area contributed by atoms with Crippen LogP contribution in [0.15, 0.2) is 0 Å². The lowest BCUT2D eigenvalue weighted by molar-refractivity contribution is -0.181. The fourth-order valence-electron chi connectivity index (χ4n) is 6.09. The summed E-state index contributed by atoms with van der Waals surface area (Å²) in [6, 6.07) is 0. The molecule has 50 heavy (non-hydrogen) atoms. The summed E-state index contributed by atoms with van der Waals surface area (Å²) in [4.78, 5) is 24.9. The van der Waals surface area contributed by atoms with Gasteiger partial charge >= 0.3 is 11.9 Å². The molecule has 0 rings (SSSR count). The lowest BCUT2D eigenvalue weighted by Crippen LogP contribution is -2.37. The van der Waals surface area contributed by atoms with Gasteiger partial charge in [0.1, 0.15) is 0 Å². The molecule has 3 unspecified atom stereocenters. The van der Waals surface area contributed by atoms with Crippen LogP contribution >= 0.6 is 0 Å². The Hall–Kier alpha value is -1.23. The minimum atomic E-state index is -4.91.